The Hall–Kier alpha value is -0.260. The minimum Gasteiger partial charge on any atom is -0.395 e. The van der Waals surface area contributed by atoms with Crippen LogP contribution in [0.15, 0.2) is 0 Å². The maximum absolute atomic E-state index is 12.2. The maximum atomic E-state index is 12.2. The van der Waals surface area contributed by atoms with Gasteiger partial charge >= 0.3 is 0 Å². The Bertz CT molecular complexity index is 175. The van der Waals surface area contributed by atoms with Crippen LogP contribution < -0.4 is 0 Å². The summed E-state index contributed by atoms with van der Waals surface area (Å²) in [6, 6.07) is 0. The van der Waals surface area contributed by atoms with E-state index < -0.39 is 6.43 Å². The molecule has 1 fully saturated rings. The van der Waals surface area contributed by atoms with E-state index in [1.165, 1.54) is 12.8 Å². The molecule has 0 aromatic carbocycles. The van der Waals surface area contributed by atoms with Gasteiger partial charge in [-0.3, -0.25) is 4.90 Å². The summed E-state index contributed by atoms with van der Waals surface area (Å²) in [5.74, 6) is 0. The summed E-state index contributed by atoms with van der Waals surface area (Å²) in [6.45, 7) is 4.03. The van der Waals surface area contributed by atoms with Crippen molar-refractivity contribution >= 4 is 0 Å². The van der Waals surface area contributed by atoms with E-state index in [4.69, 9.17) is 5.11 Å². The summed E-state index contributed by atoms with van der Waals surface area (Å²) < 4.78 is 24.4. The first kappa shape index (κ1) is 13.8. The number of aliphatic hydroxyl groups excluding tert-OH is 1. The van der Waals surface area contributed by atoms with Gasteiger partial charge in [0.05, 0.1) is 13.2 Å². The largest absolute Gasteiger partial charge is 0.395 e. The third-order valence-corrected chi connectivity index (χ3v) is 2.96. The number of halogens is 2. The van der Waals surface area contributed by atoms with Crippen LogP contribution in [-0.2, 0) is 0 Å². The molecule has 0 unspecified atom stereocenters. The first-order chi connectivity index (χ1) is 7.72. The number of hydrogen-bond acceptors (Lipinski definition) is 3. The number of likely N-dealkylation sites (tertiary alicyclic amines) is 1. The summed E-state index contributed by atoms with van der Waals surface area (Å²) in [6.07, 6.45) is 1.12. The second-order valence-corrected chi connectivity index (χ2v) is 4.32. The summed E-state index contributed by atoms with van der Waals surface area (Å²) in [5.41, 5.74) is 0. The average Bonchev–Trinajstić information content (AvgIpc) is 2.70. The SMILES string of the molecule is OCCN(CCCN1CCCC1)CC(F)F. The second-order valence-electron chi connectivity index (χ2n) is 4.32. The predicted octanol–water partition coefficient (Wildman–Crippen LogP) is 1.03. The molecule has 1 aliphatic rings. The maximum Gasteiger partial charge on any atom is 0.251 e. The average molecular weight is 236 g/mol. The Labute approximate surface area is 96.0 Å². The summed E-state index contributed by atoms with van der Waals surface area (Å²) in [4.78, 5) is 4.01. The highest BCUT2D eigenvalue weighted by atomic mass is 19.3. The van der Waals surface area contributed by atoms with E-state index in [0.717, 1.165) is 26.1 Å². The number of nitrogens with zero attached hydrogens (tertiary/aromatic N) is 2. The van der Waals surface area contributed by atoms with Gasteiger partial charge in [0.2, 0.25) is 0 Å². The van der Waals surface area contributed by atoms with Gasteiger partial charge in [0.15, 0.2) is 0 Å². The number of hydrogen-bond donors (Lipinski definition) is 1. The monoisotopic (exact) mass is 236 g/mol. The van der Waals surface area contributed by atoms with E-state index >= 15 is 0 Å². The number of rotatable bonds is 8. The Kier molecular flexibility index (Phi) is 6.84. The third kappa shape index (κ3) is 5.72. The second kappa shape index (κ2) is 7.92. The van der Waals surface area contributed by atoms with Crippen molar-refractivity contribution in [2.45, 2.75) is 25.7 Å². The van der Waals surface area contributed by atoms with Crippen molar-refractivity contribution < 1.29 is 13.9 Å². The van der Waals surface area contributed by atoms with Crippen molar-refractivity contribution in [1.29, 1.82) is 0 Å². The Morgan fingerprint density at radius 3 is 2.44 bits per heavy atom. The van der Waals surface area contributed by atoms with Gasteiger partial charge in [-0.1, -0.05) is 0 Å². The first-order valence-corrected chi connectivity index (χ1v) is 6.06. The van der Waals surface area contributed by atoms with Crippen LogP contribution in [0.2, 0.25) is 0 Å². The van der Waals surface area contributed by atoms with Crippen molar-refractivity contribution in [2.75, 3.05) is 45.9 Å². The molecule has 0 aromatic heterocycles. The summed E-state index contributed by atoms with van der Waals surface area (Å²) in [7, 11) is 0. The van der Waals surface area contributed by atoms with E-state index in [1.807, 2.05) is 0 Å². The number of alkyl halides is 2. The predicted molar refractivity (Wildman–Crippen MR) is 59.8 cm³/mol. The van der Waals surface area contributed by atoms with Crippen LogP contribution in [0.3, 0.4) is 0 Å². The van der Waals surface area contributed by atoms with E-state index in [9.17, 15) is 8.78 Å². The lowest BCUT2D eigenvalue weighted by molar-refractivity contribution is 0.0763. The van der Waals surface area contributed by atoms with Crippen molar-refractivity contribution in [3.05, 3.63) is 0 Å². The third-order valence-electron chi connectivity index (χ3n) is 2.96. The van der Waals surface area contributed by atoms with Crippen molar-refractivity contribution in [3.8, 4) is 0 Å². The minimum absolute atomic E-state index is 0.0452. The van der Waals surface area contributed by atoms with E-state index in [0.29, 0.717) is 13.1 Å². The standard InChI is InChI=1S/C11H22F2N2O/c12-11(13)10-15(8-9-16)7-3-6-14-4-1-2-5-14/h11,16H,1-10H2. The molecular weight excluding hydrogens is 214 g/mol. The fraction of sp³-hybridized carbons (Fsp3) is 1.00. The molecule has 0 atom stereocenters. The molecule has 3 nitrogen and oxygen atoms in total. The van der Waals surface area contributed by atoms with Gasteiger partial charge in [-0.15, -0.1) is 0 Å². The molecule has 0 saturated carbocycles. The molecule has 0 aliphatic carbocycles. The highest BCUT2D eigenvalue weighted by molar-refractivity contribution is 4.67. The molecular formula is C11H22F2N2O. The molecule has 0 radical (unpaired) electrons. The lowest BCUT2D eigenvalue weighted by Crippen LogP contribution is -2.34. The molecule has 0 amide bonds. The normalized spacial score (nSPS) is 17.8. The highest BCUT2D eigenvalue weighted by Gasteiger charge is 2.13. The van der Waals surface area contributed by atoms with Crippen LogP contribution in [0, 0.1) is 0 Å². The van der Waals surface area contributed by atoms with Gasteiger partial charge in [0, 0.05) is 6.54 Å². The molecule has 1 N–H and O–H groups in total. The van der Waals surface area contributed by atoms with Crippen LogP contribution >= 0.6 is 0 Å². The molecule has 0 aromatic rings. The molecule has 0 bridgehead atoms. The summed E-state index contributed by atoms with van der Waals surface area (Å²) >= 11 is 0. The van der Waals surface area contributed by atoms with E-state index in [2.05, 4.69) is 4.90 Å². The zero-order chi connectivity index (χ0) is 11.8. The number of aliphatic hydroxyl groups is 1. The fourth-order valence-corrected chi connectivity index (χ4v) is 2.16. The smallest absolute Gasteiger partial charge is 0.251 e. The van der Waals surface area contributed by atoms with Crippen molar-refractivity contribution in [2.24, 2.45) is 0 Å². The van der Waals surface area contributed by atoms with Gasteiger partial charge in [-0.2, -0.15) is 0 Å². The van der Waals surface area contributed by atoms with E-state index in [-0.39, 0.29) is 13.2 Å². The fourth-order valence-electron chi connectivity index (χ4n) is 2.16. The molecule has 96 valence electrons. The first-order valence-electron chi connectivity index (χ1n) is 6.06. The lowest BCUT2D eigenvalue weighted by atomic mass is 10.3. The molecule has 5 heteroatoms. The van der Waals surface area contributed by atoms with Gasteiger partial charge in [0.25, 0.3) is 6.43 Å². The Morgan fingerprint density at radius 2 is 1.88 bits per heavy atom. The molecule has 1 rings (SSSR count). The molecule has 0 spiro atoms. The van der Waals surface area contributed by atoms with Gasteiger partial charge in [0.1, 0.15) is 0 Å². The molecule has 16 heavy (non-hydrogen) atoms. The van der Waals surface area contributed by atoms with Crippen LogP contribution in [0.5, 0.6) is 0 Å². The zero-order valence-corrected chi connectivity index (χ0v) is 9.75. The zero-order valence-electron chi connectivity index (χ0n) is 9.75. The lowest BCUT2D eigenvalue weighted by Gasteiger charge is -2.22. The van der Waals surface area contributed by atoms with Gasteiger partial charge < -0.3 is 10.0 Å². The Morgan fingerprint density at radius 1 is 1.19 bits per heavy atom. The summed E-state index contributed by atoms with van der Waals surface area (Å²) in [5, 5.41) is 8.76. The molecule has 1 saturated heterocycles. The van der Waals surface area contributed by atoms with E-state index in [1.54, 1.807) is 4.90 Å². The molecule has 1 aliphatic heterocycles. The van der Waals surface area contributed by atoms with Crippen molar-refractivity contribution in [3.63, 3.8) is 0 Å². The van der Waals surface area contributed by atoms with Crippen LogP contribution in [-0.4, -0.2) is 67.2 Å². The molecule has 1 heterocycles. The van der Waals surface area contributed by atoms with Crippen molar-refractivity contribution in [1.82, 2.24) is 9.80 Å². The minimum atomic E-state index is -2.31. The van der Waals surface area contributed by atoms with Gasteiger partial charge in [-0.05, 0) is 45.4 Å². The topological polar surface area (TPSA) is 26.7 Å². The highest BCUT2D eigenvalue weighted by Crippen LogP contribution is 2.08. The van der Waals surface area contributed by atoms with Crippen LogP contribution in [0.1, 0.15) is 19.3 Å². The quantitative estimate of drug-likeness (QED) is 0.682. The van der Waals surface area contributed by atoms with Crippen LogP contribution in [0.25, 0.3) is 0 Å². The van der Waals surface area contributed by atoms with Gasteiger partial charge in [-0.25, -0.2) is 8.78 Å². The van der Waals surface area contributed by atoms with Crippen LogP contribution in [0.4, 0.5) is 8.78 Å². The Balaban J connectivity index is 2.10.